The summed E-state index contributed by atoms with van der Waals surface area (Å²) in [5, 5.41) is 11.4. The molecule has 0 saturated heterocycles. The van der Waals surface area contributed by atoms with E-state index in [-0.39, 0.29) is 11.6 Å². The summed E-state index contributed by atoms with van der Waals surface area (Å²) in [6.07, 6.45) is 1.63. The maximum atomic E-state index is 12.5. The maximum Gasteiger partial charge on any atom is 0.277 e. The van der Waals surface area contributed by atoms with Crippen LogP contribution in [0.1, 0.15) is 16.1 Å². The molecule has 3 rings (SSSR count). The van der Waals surface area contributed by atoms with Crippen LogP contribution in [0.5, 0.6) is 0 Å². The lowest BCUT2D eigenvalue weighted by molar-refractivity contribution is 0.102. The van der Waals surface area contributed by atoms with Gasteiger partial charge in [-0.15, -0.1) is 5.10 Å². The van der Waals surface area contributed by atoms with Crippen molar-refractivity contribution in [1.82, 2.24) is 15.0 Å². The number of anilines is 2. The summed E-state index contributed by atoms with van der Waals surface area (Å²) in [7, 11) is 3.80. The summed E-state index contributed by atoms with van der Waals surface area (Å²) >= 11 is 6.04. The van der Waals surface area contributed by atoms with Crippen molar-refractivity contribution in [3.8, 4) is 0 Å². The standard InChI is InChI=1S/C18H18ClN5O/c1-23(2)17-9-8-14(19)10-15(17)20-18(25)16-12-24(22-21-16)11-13-6-4-3-5-7-13/h3-10,12H,11H2,1-2H3,(H,20,25). The molecule has 0 saturated carbocycles. The molecule has 25 heavy (non-hydrogen) atoms. The molecule has 1 N–H and O–H groups in total. The van der Waals surface area contributed by atoms with Crippen LogP contribution in [0.2, 0.25) is 5.02 Å². The summed E-state index contributed by atoms with van der Waals surface area (Å²) in [5.41, 5.74) is 2.82. The van der Waals surface area contributed by atoms with E-state index in [1.54, 1.807) is 23.0 Å². The number of carbonyl (C=O) groups excluding carboxylic acids is 1. The molecule has 0 aliphatic carbocycles. The number of nitrogens with one attached hydrogen (secondary N) is 1. The lowest BCUT2D eigenvalue weighted by Gasteiger charge is -2.17. The molecule has 0 unspecified atom stereocenters. The molecule has 7 heteroatoms. The van der Waals surface area contributed by atoms with Crippen LogP contribution in [0, 0.1) is 0 Å². The fourth-order valence-electron chi connectivity index (χ4n) is 2.43. The highest BCUT2D eigenvalue weighted by molar-refractivity contribution is 6.31. The van der Waals surface area contributed by atoms with Gasteiger partial charge in [0, 0.05) is 19.1 Å². The predicted octanol–water partition coefficient (Wildman–Crippen LogP) is 3.30. The second-order valence-corrected chi connectivity index (χ2v) is 6.23. The van der Waals surface area contributed by atoms with Gasteiger partial charge in [-0.05, 0) is 23.8 Å². The molecule has 3 aromatic rings. The summed E-state index contributed by atoms with van der Waals surface area (Å²) in [5.74, 6) is -0.329. The summed E-state index contributed by atoms with van der Waals surface area (Å²) in [6.45, 7) is 0.557. The van der Waals surface area contributed by atoms with Gasteiger partial charge >= 0.3 is 0 Å². The van der Waals surface area contributed by atoms with E-state index in [0.717, 1.165) is 11.3 Å². The Morgan fingerprint density at radius 2 is 1.96 bits per heavy atom. The molecule has 0 atom stereocenters. The minimum absolute atomic E-state index is 0.251. The van der Waals surface area contributed by atoms with Gasteiger partial charge in [-0.1, -0.05) is 47.1 Å². The molecule has 2 aromatic carbocycles. The average Bonchev–Trinajstić information content (AvgIpc) is 3.04. The summed E-state index contributed by atoms with van der Waals surface area (Å²) < 4.78 is 1.63. The normalized spacial score (nSPS) is 10.5. The number of rotatable bonds is 5. The van der Waals surface area contributed by atoms with Gasteiger partial charge in [0.05, 0.1) is 24.1 Å². The van der Waals surface area contributed by atoms with Gasteiger partial charge in [-0.25, -0.2) is 4.68 Å². The minimum atomic E-state index is -0.329. The minimum Gasteiger partial charge on any atom is -0.376 e. The smallest absolute Gasteiger partial charge is 0.277 e. The van der Waals surface area contributed by atoms with E-state index in [1.807, 2.05) is 55.4 Å². The van der Waals surface area contributed by atoms with Crippen LogP contribution >= 0.6 is 11.6 Å². The van der Waals surface area contributed by atoms with Gasteiger partial charge in [-0.2, -0.15) is 0 Å². The first kappa shape index (κ1) is 17.0. The van der Waals surface area contributed by atoms with Crippen molar-refractivity contribution in [2.75, 3.05) is 24.3 Å². The monoisotopic (exact) mass is 355 g/mol. The second-order valence-electron chi connectivity index (χ2n) is 5.80. The van der Waals surface area contributed by atoms with Crippen LogP contribution in [0.4, 0.5) is 11.4 Å². The number of benzene rings is 2. The predicted molar refractivity (Wildman–Crippen MR) is 99.3 cm³/mol. The Bertz CT molecular complexity index is 876. The van der Waals surface area contributed by atoms with Crippen LogP contribution in [0.15, 0.2) is 54.7 Å². The first-order valence-electron chi connectivity index (χ1n) is 7.75. The highest BCUT2D eigenvalue weighted by Crippen LogP contribution is 2.28. The summed E-state index contributed by atoms with van der Waals surface area (Å²) in [6, 6.07) is 15.2. The number of carbonyl (C=O) groups is 1. The van der Waals surface area contributed by atoms with Gasteiger partial charge in [0.25, 0.3) is 5.91 Å². The number of halogens is 1. The number of hydrogen-bond donors (Lipinski definition) is 1. The molecule has 1 amide bonds. The number of amides is 1. The second kappa shape index (κ2) is 7.36. The molecular formula is C18H18ClN5O. The molecule has 0 radical (unpaired) electrons. The van der Waals surface area contributed by atoms with E-state index in [4.69, 9.17) is 11.6 Å². The fourth-order valence-corrected chi connectivity index (χ4v) is 2.61. The molecular weight excluding hydrogens is 338 g/mol. The van der Waals surface area contributed by atoms with E-state index >= 15 is 0 Å². The van der Waals surface area contributed by atoms with Crippen LogP contribution in [0.25, 0.3) is 0 Å². The van der Waals surface area contributed by atoms with Gasteiger partial charge in [0.1, 0.15) is 0 Å². The third-order valence-electron chi connectivity index (χ3n) is 3.65. The van der Waals surface area contributed by atoms with Crippen LogP contribution in [-0.2, 0) is 6.54 Å². The molecule has 1 aromatic heterocycles. The Hall–Kier alpha value is -2.86. The SMILES string of the molecule is CN(C)c1ccc(Cl)cc1NC(=O)c1cn(Cc2ccccc2)nn1. The van der Waals surface area contributed by atoms with E-state index in [2.05, 4.69) is 15.6 Å². The van der Waals surface area contributed by atoms with Crippen molar-refractivity contribution >= 4 is 28.9 Å². The van der Waals surface area contributed by atoms with E-state index in [1.165, 1.54) is 0 Å². The molecule has 0 spiro atoms. The Balaban J connectivity index is 1.75. The third-order valence-corrected chi connectivity index (χ3v) is 3.88. The van der Waals surface area contributed by atoms with Crippen molar-refractivity contribution in [2.45, 2.75) is 6.54 Å². The Labute approximate surface area is 151 Å². The molecule has 6 nitrogen and oxygen atoms in total. The van der Waals surface area contributed by atoms with Crippen LogP contribution in [-0.4, -0.2) is 35.0 Å². The van der Waals surface area contributed by atoms with Crippen molar-refractivity contribution in [2.24, 2.45) is 0 Å². The lowest BCUT2D eigenvalue weighted by Crippen LogP contribution is -2.17. The zero-order valence-electron chi connectivity index (χ0n) is 14.0. The lowest BCUT2D eigenvalue weighted by atomic mass is 10.2. The van der Waals surface area contributed by atoms with Gasteiger partial charge in [-0.3, -0.25) is 4.79 Å². The first-order chi connectivity index (χ1) is 12.0. The van der Waals surface area contributed by atoms with E-state index in [9.17, 15) is 4.79 Å². The largest absolute Gasteiger partial charge is 0.376 e. The Kier molecular flexibility index (Phi) is 5.00. The first-order valence-corrected chi connectivity index (χ1v) is 8.13. The topological polar surface area (TPSA) is 63.1 Å². The van der Waals surface area contributed by atoms with Gasteiger partial charge in [0.2, 0.25) is 0 Å². The van der Waals surface area contributed by atoms with Crippen molar-refractivity contribution in [3.63, 3.8) is 0 Å². The van der Waals surface area contributed by atoms with Crippen molar-refractivity contribution in [1.29, 1.82) is 0 Å². The average molecular weight is 356 g/mol. The molecule has 0 aliphatic heterocycles. The molecule has 0 bridgehead atoms. The van der Waals surface area contributed by atoms with E-state index in [0.29, 0.717) is 17.3 Å². The highest BCUT2D eigenvalue weighted by atomic mass is 35.5. The maximum absolute atomic E-state index is 12.5. The number of aromatic nitrogens is 3. The van der Waals surface area contributed by atoms with Crippen LogP contribution in [0.3, 0.4) is 0 Å². The van der Waals surface area contributed by atoms with Gasteiger partial charge < -0.3 is 10.2 Å². The van der Waals surface area contributed by atoms with Crippen molar-refractivity contribution < 1.29 is 4.79 Å². The zero-order chi connectivity index (χ0) is 17.8. The molecule has 0 fully saturated rings. The quantitative estimate of drug-likeness (QED) is 0.762. The highest BCUT2D eigenvalue weighted by Gasteiger charge is 2.14. The Morgan fingerprint density at radius 3 is 2.68 bits per heavy atom. The zero-order valence-corrected chi connectivity index (χ0v) is 14.7. The summed E-state index contributed by atoms with van der Waals surface area (Å²) in [4.78, 5) is 14.4. The van der Waals surface area contributed by atoms with E-state index < -0.39 is 0 Å². The van der Waals surface area contributed by atoms with Crippen LogP contribution < -0.4 is 10.2 Å². The van der Waals surface area contributed by atoms with Gasteiger partial charge in [0.15, 0.2) is 5.69 Å². The number of nitrogens with zero attached hydrogens (tertiary/aromatic N) is 4. The molecule has 0 aliphatic rings. The van der Waals surface area contributed by atoms with Crippen molar-refractivity contribution in [3.05, 3.63) is 71.0 Å². The Morgan fingerprint density at radius 1 is 1.20 bits per heavy atom. The molecule has 1 heterocycles. The third kappa shape index (κ3) is 4.16. The number of hydrogen-bond acceptors (Lipinski definition) is 4. The fraction of sp³-hybridized carbons (Fsp3) is 0.167. The molecule has 128 valence electrons.